The molecule has 1 heterocycles. The van der Waals surface area contributed by atoms with Crippen LogP contribution in [0.1, 0.15) is 32.6 Å². The zero-order valence-electron chi connectivity index (χ0n) is 10.2. The number of hydrogen-bond donors (Lipinski definition) is 0. The van der Waals surface area contributed by atoms with Gasteiger partial charge in [-0.25, -0.2) is 0 Å². The van der Waals surface area contributed by atoms with Crippen LogP contribution in [-0.2, 0) is 13.3 Å². The average molecular weight is 250 g/mol. The van der Waals surface area contributed by atoms with Crippen LogP contribution in [0.4, 0.5) is 0 Å². The first-order chi connectivity index (χ1) is 7.20. The van der Waals surface area contributed by atoms with E-state index in [2.05, 4.69) is 6.92 Å². The summed E-state index contributed by atoms with van der Waals surface area (Å²) in [5.41, 5.74) is 0. The Balaban J connectivity index is 2.93. The fraction of sp³-hybridized carbons (Fsp3) is 1.00. The molecule has 1 unspecified atom stereocenters. The molecule has 1 atom stereocenters. The first-order valence-electron chi connectivity index (χ1n) is 5.49. The Hall–Kier alpha value is 0.447. The van der Waals surface area contributed by atoms with E-state index in [0.717, 1.165) is 19.3 Å². The largest absolute Gasteiger partial charge is 0.517 e. The highest BCUT2D eigenvalue weighted by Gasteiger charge is 2.60. The van der Waals surface area contributed by atoms with Gasteiger partial charge in [0, 0.05) is 21.3 Å². The van der Waals surface area contributed by atoms with E-state index in [1.54, 1.807) is 21.3 Å². The molecule has 1 fully saturated rings. The Kier molecular flexibility index (Phi) is 5.12. The molecule has 0 N–H and O–H groups in total. The van der Waals surface area contributed by atoms with E-state index in [4.69, 9.17) is 13.3 Å². The second kappa shape index (κ2) is 5.68. The predicted molar refractivity (Wildman–Crippen MR) is 66.1 cm³/mol. The van der Waals surface area contributed by atoms with Gasteiger partial charge in [0.1, 0.15) is 0 Å². The Bertz CT molecular complexity index is 183. The van der Waals surface area contributed by atoms with Crippen LogP contribution in [0.2, 0.25) is 0 Å². The molecule has 1 aliphatic rings. The second-order valence-electron chi connectivity index (χ2n) is 3.86. The van der Waals surface area contributed by atoms with Crippen molar-refractivity contribution in [3.05, 3.63) is 0 Å². The highest BCUT2D eigenvalue weighted by molar-refractivity contribution is 8.02. The van der Waals surface area contributed by atoms with Crippen molar-refractivity contribution in [1.82, 2.24) is 0 Å². The first-order valence-corrected chi connectivity index (χ1v) is 8.20. The maximum atomic E-state index is 5.65. The molecule has 15 heavy (non-hydrogen) atoms. The molecule has 1 aliphatic heterocycles. The van der Waals surface area contributed by atoms with Crippen LogP contribution >= 0.6 is 11.8 Å². The molecule has 0 aromatic rings. The van der Waals surface area contributed by atoms with Crippen molar-refractivity contribution >= 4 is 20.6 Å². The fourth-order valence-corrected chi connectivity index (χ4v) is 8.24. The molecule has 5 heteroatoms. The van der Waals surface area contributed by atoms with Crippen LogP contribution < -0.4 is 0 Å². The number of hydrogen-bond acceptors (Lipinski definition) is 4. The molecule has 1 rings (SSSR count). The second-order valence-corrected chi connectivity index (χ2v) is 9.00. The van der Waals surface area contributed by atoms with Gasteiger partial charge in [0.2, 0.25) is 0 Å². The highest BCUT2D eigenvalue weighted by atomic mass is 32.2. The van der Waals surface area contributed by atoms with E-state index < -0.39 is 8.80 Å². The molecule has 0 aromatic heterocycles. The van der Waals surface area contributed by atoms with Crippen LogP contribution in [-0.4, -0.2) is 40.3 Å². The summed E-state index contributed by atoms with van der Waals surface area (Å²) >= 11 is 1.98. The maximum absolute atomic E-state index is 5.65. The lowest BCUT2D eigenvalue weighted by molar-refractivity contribution is 0.105. The maximum Gasteiger partial charge on any atom is 0.517 e. The van der Waals surface area contributed by atoms with Gasteiger partial charge in [-0.2, -0.15) is 11.8 Å². The molecule has 0 spiro atoms. The van der Waals surface area contributed by atoms with Gasteiger partial charge in [-0.05, 0) is 25.0 Å². The zero-order valence-corrected chi connectivity index (χ0v) is 12.0. The lowest BCUT2D eigenvalue weighted by Gasteiger charge is -2.40. The lowest BCUT2D eigenvalue weighted by atomic mass is 10.1. The summed E-state index contributed by atoms with van der Waals surface area (Å²) in [6.45, 7) is 2.21. The van der Waals surface area contributed by atoms with E-state index in [1.807, 2.05) is 11.8 Å². The van der Waals surface area contributed by atoms with Gasteiger partial charge in [0.15, 0.2) is 0 Å². The summed E-state index contributed by atoms with van der Waals surface area (Å²) in [5, 5.41) is 0. The Labute approximate surface area is 98.2 Å². The van der Waals surface area contributed by atoms with Crippen molar-refractivity contribution in [2.24, 2.45) is 0 Å². The quantitative estimate of drug-likeness (QED) is 0.677. The van der Waals surface area contributed by atoms with Gasteiger partial charge in [-0.3, -0.25) is 0 Å². The SMILES string of the molecule is CCCC1([Si](OC)(OC)OC)CCCS1. The van der Waals surface area contributed by atoms with Crippen molar-refractivity contribution in [2.45, 2.75) is 37.0 Å². The molecule has 3 nitrogen and oxygen atoms in total. The predicted octanol–water partition coefficient (Wildman–Crippen LogP) is 2.47. The monoisotopic (exact) mass is 250 g/mol. The Morgan fingerprint density at radius 3 is 2.13 bits per heavy atom. The molecular formula is C10H22O3SSi. The molecule has 0 amide bonds. The summed E-state index contributed by atoms with van der Waals surface area (Å²) in [6, 6.07) is 0. The minimum Gasteiger partial charge on any atom is -0.376 e. The van der Waals surface area contributed by atoms with Gasteiger partial charge in [0.05, 0.1) is 4.37 Å². The third kappa shape index (κ3) is 2.26. The molecule has 0 radical (unpaired) electrons. The topological polar surface area (TPSA) is 27.7 Å². The summed E-state index contributed by atoms with van der Waals surface area (Å²) in [6.07, 6.45) is 4.68. The first kappa shape index (κ1) is 13.5. The van der Waals surface area contributed by atoms with Crippen molar-refractivity contribution in [2.75, 3.05) is 27.1 Å². The van der Waals surface area contributed by atoms with E-state index in [0.29, 0.717) is 0 Å². The van der Waals surface area contributed by atoms with Gasteiger partial charge in [-0.1, -0.05) is 13.3 Å². The standard InChI is InChI=1S/C10H22O3SSi/c1-5-7-10(8-6-9-14-10)15(11-2,12-3)13-4/h5-9H2,1-4H3. The van der Waals surface area contributed by atoms with Crippen molar-refractivity contribution in [1.29, 1.82) is 0 Å². The fourth-order valence-electron chi connectivity index (χ4n) is 2.50. The van der Waals surface area contributed by atoms with E-state index in [1.165, 1.54) is 12.2 Å². The molecule has 0 aromatic carbocycles. The average Bonchev–Trinajstić information content (AvgIpc) is 2.72. The lowest BCUT2D eigenvalue weighted by Crippen LogP contribution is -2.60. The highest BCUT2D eigenvalue weighted by Crippen LogP contribution is 2.48. The molecule has 90 valence electrons. The van der Waals surface area contributed by atoms with Crippen LogP contribution in [0.15, 0.2) is 0 Å². The Morgan fingerprint density at radius 2 is 1.80 bits per heavy atom. The van der Waals surface area contributed by atoms with Gasteiger partial charge < -0.3 is 13.3 Å². The molecule has 0 saturated carbocycles. The van der Waals surface area contributed by atoms with Gasteiger partial charge in [0.25, 0.3) is 0 Å². The van der Waals surface area contributed by atoms with E-state index in [-0.39, 0.29) is 4.37 Å². The Morgan fingerprint density at radius 1 is 1.20 bits per heavy atom. The summed E-state index contributed by atoms with van der Waals surface area (Å²) in [4.78, 5) is 0. The third-order valence-corrected chi connectivity index (χ3v) is 8.99. The zero-order chi connectivity index (χ0) is 11.4. The normalized spacial score (nSPS) is 27.2. The molecular weight excluding hydrogens is 228 g/mol. The summed E-state index contributed by atoms with van der Waals surface area (Å²) < 4.78 is 17.0. The van der Waals surface area contributed by atoms with Crippen LogP contribution in [0.3, 0.4) is 0 Å². The minimum absolute atomic E-state index is 0.0972. The summed E-state index contributed by atoms with van der Waals surface area (Å²) in [5.74, 6) is 1.20. The smallest absolute Gasteiger partial charge is 0.376 e. The third-order valence-electron chi connectivity index (χ3n) is 3.12. The minimum atomic E-state index is -2.49. The van der Waals surface area contributed by atoms with Crippen LogP contribution in [0.5, 0.6) is 0 Å². The van der Waals surface area contributed by atoms with Gasteiger partial charge >= 0.3 is 8.80 Å². The van der Waals surface area contributed by atoms with Gasteiger partial charge in [-0.15, -0.1) is 0 Å². The van der Waals surface area contributed by atoms with Crippen molar-refractivity contribution < 1.29 is 13.3 Å². The van der Waals surface area contributed by atoms with Crippen molar-refractivity contribution in [3.8, 4) is 0 Å². The van der Waals surface area contributed by atoms with E-state index in [9.17, 15) is 0 Å². The number of thioether (sulfide) groups is 1. The summed E-state index contributed by atoms with van der Waals surface area (Å²) in [7, 11) is 2.66. The molecule has 0 aliphatic carbocycles. The van der Waals surface area contributed by atoms with Crippen LogP contribution in [0.25, 0.3) is 0 Å². The number of rotatable bonds is 6. The molecule has 1 saturated heterocycles. The van der Waals surface area contributed by atoms with Crippen LogP contribution in [0, 0.1) is 0 Å². The molecule has 0 bridgehead atoms. The van der Waals surface area contributed by atoms with Crippen molar-refractivity contribution in [3.63, 3.8) is 0 Å². The van der Waals surface area contributed by atoms with E-state index >= 15 is 0 Å².